The number of hydrogen-bond acceptors (Lipinski definition) is 4. The molecule has 2 N–H and O–H groups in total. The fourth-order valence-corrected chi connectivity index (χ4v) is 3.29. The molecule has 7 heteroatoms. The summed E-state index contributed by atoms with van der Waals surface area (Å²) >= 11 is 3.30. The van der Waals surface area contributed by atoms with E-state index >= 15 is 0 Å². The molecular formula is C14H15BrN2O3S. The van der Waals surface area contributed by atoms with Gasteiger partial charge in [-0.25, -0.2) is 0 Å². The second-order valence-electron chi connectivity index (χ2n) is 4.99. The lowest BCUT2D eigenvalue weighted by Gasteiger charge is -2.06. The summed E-state index contributed by atoms with van der Waals surface area (Å²) in [5.41, 5.74) is 0.485. The van der Waals surface area contributed by atoms with Gasteiger partial charge in [0, 0.05) is 10.5 Å². The molecule has 0 amide bonds. The molecule has 1 aromatic carbocycles. The SMILES string of the molecule is O=S(=O)(Nc1cccc(Br)c1)c1ccc(CNC2CC2)o1. The third kappa shape index (κ3) is 3.87. The summed E-state index contributed by atoms with van der Waals surface area (Å²) in [5.74, 6) is 0.622. The molecule has 2 aromatic rings. The van der Waals surface area contributed by atoms with E-state index in [0.29, 0.717) is 24.0 Å². The van der Waals surface area contributed by atoms with Crippen LogP contribution in [0.1, 0.15) is 18.6 Å². The summed E-state index contributed by atoms with van der Waals surface area (Å²) in [4.78, 5) is 0. The molecule has 0 aliphatic heterocycles. The molecule has 0 radical (unpaired) electrons. The topological polar surface area (TPSA) is 71.3 Å². The van der Waals surface area contributed by atoms with E-state index < -0.39 is 10.0 Å². The van der Waals surface area contributed by atoms with Gasteiger partial charge in [-0.1, -0.05) is 22.0 Å². The van der Waals surface area contributed by atoms with Crippen molar-refractivity contribution in [1.82, 2.24) is 5.32 Å². The van der Waals surface area contributed by atoms with Gasteiger partial charge in [-0.15, -0.1) is 0 Å². The zero-order valence-electron chi connectivity index (χ0n) is 11.2. The van der Waals surface area contributed by atoms with Gasteiger partial charge in [0.25, 0.3) is 10.0 Å². The Morgan fingerprint density at radius 3 is 2.76 bits per heavy atom. The predicted octanol–water partition coefficient (Wildman–Crippen LogP) is 3.09. The van der Waals surface area contributed by atoms with E-state index in [2.05, 4.69) is 26.0 Å². The molecule has 21 heavy (non-hydrogen) atoms. The highest BCUT2D eigenvalue weighted by Gasteiger charge is 2.22. The van der Waals surface area contributed by atoms with Crippen molar-refractivity contribution >= 4 is 31.6 Å². The second kappa shape index (κ2) is 5.82. The first kappa shape index (κ1) is 14.6. The van der Waals surface area contributed by atoms with Gasteiger partial charge in [-0.3, -0.25) is 4.72 Å². The molecule has 3 rings (SSSR count). The normalized spacial score (nSPS) is 15.1. The lowest BCUT2D eigenvalue weighted by molar-refractivity contribution is 0.403. The van der Waals surface area contributed by atoms with Gasteiger partial charge in [-0.05, 0) is 43.2 Å². The van der Waals surface area contributed by atoms with Crippen LogP contribution in [0.5, 0.6) is 0 Å². The molecule has 1 aliphatic carbocycles. The molecule has 5 nitrogen and oxygen atoms in total. The molecule has 1 fully saturated rings. The average molecular weight is 371 g/mol. The maximum Gasteiger partial charge on any atom is 0.295 e. The van der Waals surface area contributed by atoms with Crippen LogP contribution >= 0.6 is 15.9 Å². The largest absolute Gasteiger partial charge is 0.446 e. The van der Waals surface area contributed by atoms with Crippen molar-refractivity contribution in [3.05, 3.63) is 46.6 Å². The molecule has 0 unspecified atom stereocenters. The molecule has 0 atom stereocenters. The fourth-order valence-electron chi connectivity index (χ4n) is 1.89. The van der Waals surface area contributed by atoms with Crippen LogP contribution in [0.4, 0.5) is 5.69 Å². The van der Waals surface area contributed by atoms with Crippen LogP contribution in [0.2, 0.25) is 0 Å². The first-order valence-corrected chi connectivity index (χ1v) is 8.91. The Kier molecular flexibility index (Phi) is 4.05. The molecule has 1 saturated carbocycles. The van der Waals surface area contributed by atoms with Crippen molar-refractivity contribution in [2.45, 2.75) is 30.5 Å². The first-order valence-electron chi connectivity index (χ1n) is 6.63. The van der Waals surface area contributed by atoms with Crippen LogP contribution in [-0.2, 0) is 16.6 Å². The fraction of sp³-hybridized carbons (Fsp3) is 0.286. The Morgan fingerprint density at radius 2 is 2.05 bits per heavy atom. The monoisotopic (exact) mass is 370 g/mol. The highest BCUT2D eigenvalue weighted by atomic mass is 79.9. The van der Waals surface area contributed by atoms with Crippen LogP contribution in [0.25, 0.3) is 0 Å². The number of sulfonamides is 1. The van der Waals surface area contributed by atoms with Crippen molar-refractivity contribution in [2.75, 3.05) is 4.72 Å². The van der Waals surface area contributed by atoms with Crippen molar-refractivity contribution in [3.8, 4) is 0 Å². The smallest absolute Gasteiger partial charge is 0.295 e. The summed E-state index contributed by atoms with van der Waals surface area (Å²) in [6, 6.07) is 10.7. The molecule has 0 bridgehead atoms. The molecule has 1 heterocycles. The predicted molar refractivity (Wildman–Crippen MR) is 83.5 cm³/mol. The van der Waals surface area contributed by atoms with Gasteiger partial charge < -0.3 is 9.73 Å². The minimum Gasteiger partial charge on any atom is -0.446 e. The Morgan fingerprint density at radius 1 is 1.24 bits per heavy atom. The molecule has 1 aliphatic rings. The van der Waals surface area contributed by atoms with Crippen LogP contribution < -0.4 is 10.0 Å². The van der Waals surface area contributed by atoms with E-state index in [1.54, 1.807) is 24.3 Å². The molecule has 0 spiro atoms. The third-order valence-corrected chi connectivity index (χ3v) is 4.87. The average Bonchev–Trinajstić information content (AvgIpc) is 3.12. The molecular weight excluding hydrogens is 356 g/mol. The number of anilines is 1. The zero-order valence-corrected chi connectivity index (χ0v) is 13.6. The lowest BCUT2D eigenvalue weighted by Crippen LogP contribution is -2.15. The maximum absolute atomic E-state index is 12.2. The lowest BCUT2D eigenvalue weighted by atomic mass is 10.3. The maximum atomic E-state index is 12.2. The van der Waals surface area contributed by atoms with Crippen LogP contribution in [-0.4, -0.2) is 14.5 Å². The highest BCUT2D eigenvalue weighted by molar-refractivity contribution is 9.10. The zero-order chi connectivity index (χ0) is 14.9. The van der Waals surface area contributed by atoms with Crippen LogP contribution in [0, 0.1) is 0 Å². The minimum absolute atomic E-state index is 0.0740. The molecule has 112 valence electrons. The van der Waals surface area contributed by atoms with Gasteiger partial charge in [0.15, 0.2) is 0 Å². The number of hydrogen-bond donors (Lipinski definition) is 2. The van der Waals surface area contributed by atoms with E-state index in [9.17, 15) is 8.42 Å². The van der Waals surface area contributed by atoms with Crippen molar-refractivity contribution in [3.63, 3.8) is 0 Å². The number of nitrogens with one attached hydrogen (secondary N) is 2. The van der Waals surface area contributed by atoms with E-state index in [1.807, 2.05) is 6.07 Å². The van der Waals surface area contributed by atoms with E-state index in [4.69, 9.17) is 4.42 Å². The highest BCUT2D eigenvalue weighted by Crippen LogP contribution is 2.22. The third-order valence-electron chi connectivity index (χ3n) is 3.12. The first-order chi connectivity index (χ1) is 10.0. The summed E-state index contributed by atoms with van der Waals surface area (Å²) in [7, 11) is -3.70. The van der Waals surface area contributed by atoms with Crippen LogP contribution in [0.3, 0.4) is 0 Å². The van der Waals surface area contributed by atoms with Crippen molar-refractivity contribution < 1.29 is 12.8 Å². The second-order valence-corrected chi connectivity index (χ2v) is 7.52. The Balaban J connectivity index is 1.71. The summed E-state index contributed by atoms with van der Waals surface area (Å²) in [6.45, 7) is 0.553. The quantitative estimate of drug-likeness (QED) is 0.819. The van der Waals surface area contributed by atoms with Gasteiger partial charge in [-0.2, -0.15) is 8.42 Å². The minimum atomic E-state index is -3.70. The van der Waals surface area contributed by atoms with E-state index in [-0.39, 0.29) is 5.09 Å². The van der Waals surface area contributed by atoms with Crippen molar-refractivity contribution in [1.29, 1.82) is 0 Å². The number of rotatable bonds is 6. The van der Waals surface area contributed by atoms with Gasteiger partial charge >= 0.3 is 0 Å². The molecule has 0 saturated heterocycles. The summed E-state index contributed by atoms with van der Waals surface area (Å²) in [6.07, 6.45) is 2.35. The summed E-state index contributed by atoms with van der Waals surface area (Å²) < 4.78 is 33.2. The van der Waals surface area contributed by atoms with Crippen molar-refractivity contribution in [2.24, 2.45) is 0 Å². The summed E-state index contributed by atoms with van der Waals surface area (Å²) in [5, 5.41) is 3.21. The Bertz CT molecular complexity index is 738. The Labute approximate surface area is 131 Å². The van der Waals surface area contributed by atoms with Gasteiger partial charge in [0.1, 0.15) is 5.76 Å². The van der Waals surface area contributed by atoms with Gasteiger partial charge in [0.2, 0.25) is 5.09 Å². The molecule has 1 aromatic heterocycles. The van der Waals surface area contributed by atoms with E-state index in [1.165, 1.54) is 18.9 Å². The van der Waals surface area contributed by atoms with Gasteiger partial charge in [0.05, 0.1) is 12.2 Å². The standard InChI is InChI=1S/C14H15BrN2O3S/c15-10-2-1-3-12(8-10)17-21(18,19)14-7-6-13(20-14)9-16-11-4-5-11/h1-3,6-8,11,16-17H,4-5,9H2. The Hall–Kier alpha value is -1.31. The number of benzene rings is 1. The van der Waals surface area contributed by atoms with E-state index in [0.717, 1.165) is 4.47 Å². The number of halogens is 1. The number of furan rings is 1. The van der Waals surface area contributed by atoms with Crippen LogP contribution in [0.15, 0.2) is 50.4 Å².